The summed E-state index contributed by atoms with van der Waals surface area (Å²) >= 11 is 7.55. The van der Waals surface area contributed by atoms with Crippen LogP contribution in [0.2, 0.25) is 5.02 Å². The van der Waals surface area contributed by atoms with Crippen molar-refractivity contribution in [3.8, 4) is 11.1 Å². The van der Waals surface area contributed by atoms with E-state index in [4.69, 9.17) is 16.3 Å². The van der Waals surface area contributed by atoms with Crippen molar-refractivity contribution < 1.29 is 9.13 Å². The highest BCUT2D eigenvalue weighted by Crippen LogP contribution is 2.41. The molecule has 0 spiro atoms. The third-order valence-electron chi connectivity index (χ3n) is 4.84. The molecule has 4 rings (SSSR count). The van der Waals surface area contributed by atoms with E-state index >= 15 is 0 Å². The van der Waals surface area contributed by atoms with Gasteiger partial charge in [-0.25, -0.2) is 9.18 Å². The fourth-order valence-electron chi connectivity index (χ4n) is 3.65. The summed E-state index contributed by atoms with van der Waals surface area (Å²) in [5, 5.41) is 0.479. The van der Waals surface area contributed by atoms with Crippen molar-refractivity contribution in [3.63, 3.8) is 0 Å². The highest BCUT2D eigenvalue weighted by Gasteiger charge is 2.25. The topological polar surface area (TPSA) is 64.1 Å². The van der Waals surface area contributed by atoms with Crippen LogP contribution in [-0.2, 0) is 11.3 Å². The van der Waals surface area contributed by atoms with Gasteiger partial charge < -0.3 is 4.74 Å². The van der Waals surface area contributed by atoms with Crippen molar-refractivity contribution in [1.82, 2.24) is 9.55 Å². The Bertz CT molecular complexity index is 1200. The second kappa shape index (κ2) is 7.39. The monoisotopic (exact) mass is 420 g/mol. The quantitative estimate of drug-likeness (QED) is 0.696. The molecule has 1 N–H and O–H groups in total. The molecule has 1 aliphatic rings. The van der Waals surface area contributed by atoms with Crippen LogP contribution in [-0.4, -0.2) is 28.0 Å². The molecular formula is C20H18ClFN2O3S. The van der Waals surface area contributed by atoms with Crippen molar-refractivity contribution in [3.05, 3.63) is 61.5 Å². The first kappa shape index (κ1) is 19.2. The van der Waals surface area contributed by atoms with E-state index in [2.05, 4.69) is 4.98 Å². The number of benzene rings is 2. The van der Waals surface area contributed by atoms with Crippen molar-refractivity contribution in [1.29, 1.82) is 0 Å². The SMILES string of the molecule is CCO[C@@H]1CSc2c(-c3ccc(F)c(Cl)c3)c(C)cc3c(=O)[nH]c(=O)n(c23)C1. The summed E-state index contributed by atoms with van der Waals surface area (Å²) in [5.41, 5.74) is 2.14. The third kappa shape index (κ3) is 3.17. The van der Waals surface area contributed by atoms with Crippen LogP contribution in [0.4, 0.5) is 4.39 Å². The first-order chi connectivity index (χ1) is 13.4. The molecule has 1 aromatic heterocycles. The zero-order chi connectivity index (χ0) is 20.0. The molecule has 0 fully saturated rings. The van der Waals surface area contributed by atoms with Gasteiger partial charge in [0.1, 0.15) is 5.82 Å². The lowest BCUT2D eigenvalue weighted by atomic mass is 9.98. The van der Waals surface area contributed by atoms with Gasteiger partial charge in [-0.1, -0.05) is 17.7 Å². The Balaban J connectivity index is 2.07. The number of rotatable bonds is 3. The predicted octanol–water partition coefficient (Wildman–Crippen LogP) is 3.97. The first-order valence-corrected chi connectivity index (χ1v) is 10.3. The summed E-state index contributed by atoms with van der Waals surface area (Å²) in [6.07, 6.45) is -0.167. The van der Waals surface area contributed by atoms with E-state index in [-0.39, 0.29) is 11.1 Å². The predicted molar refractivity (Wildman–Crippen MR) is 110 cm³/mol. The summed E-state index contributed by atoms with van der Waals surface area (Å²) in [6.45, 7) is 4.68. The fraction of sp³-hybridized carbons (Fsp3) is 0.300. The van der Waals surface area contributed by atoms with Crippen LogP contribution >= 0.6 is 23.4 Å². The van der Waals surface area contributed by atoms with Gasteiger partial charge in [0.2, 0.25) is 0 Å². The van der Waals surface area contributed by atoms with Crippen LogP contribution in [0, 0.1) is 12.7 Å². The van der Waals surface area contributed by atoms with Crippen LogP contribution in [0.3, 0.4) is 0 Å². The molecule has 0 amide bonds. The number of hydrogen-bond acceptors (Lipinski definition) is 4. The van der Waals surface area contributed by atoms with Gasteiger partial charge in [-0.2, -0.15) is 0 Å². The molecule has 2 heterocycles. The molecule has 0 saturated heterocycles. The maximum atomic E-state index is 13.7. The van der Waals surface area contributed by atoms with Gasteiger partial charge in [0.05, 0.1) is 28.6 Å². The largest absolute Gasteiger partial charge is 0.376 e. The van der Waals surface area contributed by atoms with Crippen LogP contribution in [0.25, 0.3) is 22.0 Å². The van der Waals surface area contributed by atoms with E-state index in [9.17, 15) is 14.0 Å². The molecule has 8 heteroatoms. The number of H-pyrrole nitrogens is 1. The minimum absolute atomic E-state index is 0.0262. The van der Waals surface area contributed by atoms with E-state index in [0.29, 0.717) is 29.8 Å². The average molecular weight is 421 g/mol. The van der Waals surface area contributed by atoms with Gasteiger partial charge in [-0.15, -0.1) is 11.8 Å². The fourth-order valence-corrected chi connectivity index (χ4v) is 5.16. The molecule has 28 heavy (non-hydrogen) atoms. The van der Waals surface area contributed by atoms with Crippen LogP contribution < -0.4 is 11.2 Å². The van der Waals surface area contributed by atoms with E-state index < -0.39 is 17.1 Å². The molecular weight excluding hydrogens is 403 g/mol. The number of hydrogen-bond donors (Lipinski definition) is 1. The van der Waals surface area contributed by atoms with Crippen LogP contribution in [0.5, 0.6) is 0 Å². The van der Waals surface area contributed by atoms with Gasteiger partial charge >= 0.3 is 5.69 Å². The first-order valence-electron chi connectivity index (χ1n) is 8.91. The number of nitrogens with one attached hydrogen (secondary N) is 1. The number of thioether (sulfide) groups is 1. The Labute approximate surface area is 169 Å². The number of aryl methyl sites for hydroxylation is 1. The zero-order valence-corrected chi connectivity index (χ0v) is 16.9. The summed E-state index contributed by atoms with van der Waals surface area (Å²) in [5.74, 6) is 0.135. The second-order valence-corrected chi connectivity index (χ2v) is 8.12. The Hall–Kier alpha value is -2.09. The molecule has 3 aromatic rings. The molecule has 5 nitrogen and oxygen atoms in total. The van der Waals surface area contributed by atoms with Crippen molar-refractivity contribution in [2.75, 3.05) is 12.4 Å². The Morgan fingerprint density at radius 2 is 2.14 bits per heavy atom. The number of aromatic amines is 1. The molecule has 0 saturated carbocycles. The number of ether oxygens (including phenoxy) is 1. The maximum absolute atomic E-state index is 13.7. The van der Waals surface area contributed by atoms with Crippen molar-refractivity contribution in [2.24, 2.45) is 0 Å². The Morgan fingerprint density at radius 1 is 1.36 bits per heavy atom. The zero-order valence-electron chi connectivity index (χ0n) is 15.3. The minimum Gasteiger partial charge on any atom is -0.376 e. The van der Waals surface area contributed by atoms with E-state index in [1.165, 1.54) is 17.8 Å². The van der Waals surface area contributed by atoms with Gasteiger partial charge in [0, 0.05) is 22.8 Å². The molecule has 146 valence electrons. The smallest absolute Gasteiger partial charge is 0.328 e. The summed E-state index contributed by atoms with van der Waals surface area (Å²) < 4.78 is 21.0. The molecule has 0 bridgehead atoms. The number of halogens is 2. The van der Waals surface area contributed by atoms with Gasteiger partial charge in [-0.05, 0) is 43.2 Å². The molecule has 1 atom stereocenters. The van der Waals surface area contributed by atoms with Crippen molar-refractivity contribution >= 4 is 34.3 Å². The van der Waals surface area contributed by atoms with E-state index in [0.717, 1.165) is 21.6 Å². The van der Waals surface area contributed by atoms with Crippen molar-refractivity contribution in [2.45, 2.75) is 31.4 Å². The molecule has 0 aliphatic carbocycles. The van der Waals surface area contributed by atoms with E-state index in [1.807, 2.05) is 13.8 Å². The van der Waals surface area contributed by atoms with E-state index in [1.54, 1.807) is 22.8 Å². The van der Waals surface area contributed by atoms with Gasteiger partial charge in [-0.3, -0.25) is 14.3 Å². The Kier molecular flexibility index (Phi) is 5.07. The van der Waals surface area contributed by atoms with Crippen LogP contribution in [0.1, 0.15) is 12.5 Å². The lowest BCUT2D eigenvalue weighted by Gasteiger charge is -2.16. The lowest BCUT2D eigenvalue weighted by Crippen LogP contribution is -2.34. The normalized spacial score (nSPS) is 16.4. The molecule has 2 aromatic carbocycles. The maximum Gasteiger partial charge on any atom is 0.328 e. The second-order valence-electron chi connectivity index (χ2n) is 6.68. The number of aromatic nitrogens is 2. The average Bonchev–Trinajstić information content (AvgIpc) is 2.83. The molecule has 0 unspecified atom stereocenters. The minimum atomic E-state index is -0.493. The molecule has 1 aliphatic heterocycles. The highest BCUT2D eigenvalue weighted by molar-refractivity contribution is 7.99. The summed E-state index contributed by atoms with van der Waals surface area (Å²) in [4.78, 5) is 28.3. The van der Waals surface area contributed by atoms with Gasteiger partial charge in [0.15, 0.2) is 0 Å². The molecule has 0 radical (unpaired) electrons. The van der Waals surface area contributed by atoms with Gasteiger partial charge in [0.25, 0.3) is 5.56 Å². The lowest BCUT2D eigenvalue weighted by molar-refractivity contribution is 0.0677. The Morgan fingerprint density at radius 3 is 2.86 bits per heavy atom. The third-order valence-corrected chi connectivity index (χ3v) is 6.36. The standard InChI is InChI=1S/C20H18ClFN2O3S/c1-3-27-12-8-24-17-13(19(25)23-20(24)26)6-10(2)16(18(17)28-9-12)11-4-5-15(22)14(21)7-11/h4-7,12H,3,8-9H2,1-2H3,(H,23,25,26)/t12-/m0/s1. The number of nitrogens with zero attached hydrogens (tertiary/aromatic N) is 1. The summed E-state index contributed by atoms with van der Waals surface area (Å²) in [7, 11) is 0. The van der Waals surface area contributed by atoms with Crippen LogP contribution in [0.15, 0.2) is 38.8 Å². The highest BCUT2D eigenvalue weighted by atomic mass is 35.5. The summed E-state index contributed by atoms with van der Waals surface area (Å²) in [6, 6.07) is 6.32.